The summed E-state index contributed by atoms with van der Waals surface area (Å²) in [5.74, 6) is 0.704. The fraction of sp³-hybridized carbons (Fsp3) is 0.391. The molecule has 1 fully saturated rings. The molecule has 1 aliphatic heterocycles. The molecule has 0 saturated carbocycles. The number of nitrogens with one attached hydrogen (secondary N) is 2. The lowest BCUT2D eigenvalue weighted by atomic mass is 10.1. The predicted molar refractivity (Wildman–Crippen MR) is 115 cm³/mol. The van der Waals surface area contributed by atoms with Gasteiger partial charge >= 0.3 is 0 Å². The van der Waals surface area contributed by atoms with Crippen molar-refractivity contribution in [2.45, 2.75) is 20.3 Å². The first-order chi connectivity index (χ1) is 13.9. The number of aromatic hydroxyl groups is 1. The van der Waals surface area contributed by atoms with Gasteiger partial charge in [0.2, 0.25) is 11.7 Å². The van der Waals surface area contributed by atoms with E-state index in [-0.39, 0.29) is 17.4 Å². The Morgan fingerprint density at radius 2 is 1.66 bits per heavy atom. The number of amides is 1. The number of phenols is 1. The third-order valence-electron chi connectivity index (χ3n) is 5.18. The average Bonchev–Trinajstić information content (AvgIpc) is 2.69. The Bertz CT molecular complexity index is 823. The number of quaternary nitrogens is 1. The first-order valence-electron chi connectivity index (χ1n) is 10.2. The van der Waals surface area contributed by atoms with E-state index in [1.165, 1.54) is 4.90 Å². The zero-order valence-electron chi connectivity index (χ0n) is 17.1. The van der Waals surface area contributed by atoms with Gasteiger partial charge in [0.15, 0.2) is 0 Å². The fourth-order valence-corrected chi connectivity index (χ4v) is 3.57. The normalized spacial score (nSPS) is 14.8. The minimum atomic E-state index is -0.00461. The van der Waals surface area contributed by atoms with E-state index in [4.69, 9.17) is 0 Å². The Labute approximate surface area is 172 Å². The molecule has 0 radical (unpaired) electrons. The van der Waals surface area contributed by atoms with E-state index in [2.05, 4.69) is 10.2 Å². The van der Waals surface area contributed by atoms with Crippen LogP contribution < -0.4 is 15.1 Å². The van der Waals surface area contributed by atoms with Gasteiger partial charge in [-0.05, 0) is 54.4 Å². The predicted octanol–water partition coefficient (Wildman–Crippen LogP) is 1.96. The van der Waals surface area contributed by atoms with E-state index >= 15 is 0 Å². The number of benzene rings is 2. The Kier molecular flexibility index (Phi) is 6.88. The van der Waals surface area contributed by atoms with Crippen LogP contribution in [0.5, 0.6) is 5.75 Å². The Morgan fingerprint density at radius 3 is 2.24 bits per heavy atom. The van der Waals surface area contributed by atoms with Crippen molar-refractivity contribution in [2.24, 2.45) is 5.92 Å². The van der Waals surface area contributed by atoms with Crippen LogP contribution in [0.2, 0.25) is 0 Å². The van der Waals surface area contributed by atoms with Crippen LogP contribution in [0.4, 0.5) is 11.4 Å². The molecule has 0 bridgehead atoms. The molecule has 0 spiro atoms. The lowest BCUT2D eigenvalue weighted by Gasteiger charge is -2.33. The summed E-state index contributed by atoms with van der Waals surface area (Å²) in [6.45, 7) is 8.05. The third-order valence-corrected chi connectivity index (χ3v) is 5.18. The fourth-order valence-electron chi connectivity index (χ4n) is 3.57. The van der Waals surface area contributed by atoms with Gasteiger partial charge < -0.3 is 20.2 Å². The molecule has 0 aromatic heterocycles. The monoisotopic (exact) mass is 396 g/mol. The van der Waals surface area contributed by atoms with Crippen LogP contribution in [0.1, 0.15) is 30.6 Å². The number of phenolic OH excluding ortho intramolecular Hbond substituents is 1. The quantitative estimate of drug-likeness (QED) is 0.626. The molecule has 1 saturated heterocycles. The summed E-state index contributed by atoms with van der Waals surface area (Å²) in [6, 6.07) is 14.4. The Morgan fingerprint density at radius 1 is 1.03 bits per heavy atom. The first kappa shape index (κ1) is 20.9. The molecule has 2 aromatic carbocycles. The number of carbonyl (C=O) groups is 2. The second kappa shape index (κ2) is 9.56. The highest BCUT2D eigenvalue weighted by Crippen LogP contribution is 2.18. The third kappa shape index (κ3) is 6.06. The summed E-state index contributed by atoms with van der Waals surface area (Å²) in [5, 5.41) is 12.3. The van der Waals surface area contributed by atoms with Gasteiger partial charge in [0.25, 0.3) is 0 Å². The summed E-state index contributed by atoms with van der Waals surface area (Å²) in [4.78, 5) is 28.0. The van der Waals surface area contributed by atoms with Crippen molar-refractivity contribution in [2.75, 3.05) is 42.9 Å². The lowest BCUT2D eigenvalue weighted by molar-refractivity contribution is -0.892. The van der Waals surface area contributed by atoms with E-state index in [1.807, 2.05) is 26.0 Å². The maximum Gasteiger partial charge on any atom is 0.224 e. The number of carbonyl (C=O) groups excluding carboxylic acids is 2. The van der Waals surface area contributed by atoms with Gasteiger partial charge in [0.05, 0.1) is 26.2 Å². The summed E-state index contributed by atoms with van der Waals surface area (Å²) in [7, 11) is 0. The Hall–Kier alpha value is -2.86. The summed E-state index contributed by atoms with van der Waals surface area (Å²) in [6.07, 6.45) is 0.486. The largest absolute Gasteiger partial charge is 0.508 e. The van der Waals surface area contributed by atoms with E-state index < -0.39 is 0 Å². The van der Waals surface area contributed by atoms with Crippen molar-refractivity contribution in [1.29, 1.82) is 0 Å². The highest BCUT2D eigenvalue weighted by atomic mass is 16.3. The molecule has 3 rings (SSSR count). The number of hydrogen-bond acceptors (Lipinski definition) is 4. The van der Waals surface area contributed by atoms with Crippen molar-refractivity contribution in [3.63, 3.8) is 0 Å². The van der Waals surface area contributed by atoms with Crippen molar-refractivity contribution in [3.8, 4) is 5.75 Å². The molecule has 6 nitrogen and oxygen atoms in total. The molecule has 1 amide bonds. The van der Waals surface area contributed by atoms with Crippen LogP contribution in [-0.4, -0.2) is 49.5 Å². The molecule has 29 heavy (non-hydrogen) atoms. The number of rotatable bonds is 7. The number of Topliss-reactive ketones (excluding diaryl/α,β-unsaturated/α-hetero) is 1. The van der Waals surface area contributed by atoms with Gasteiger partial charge in [0.1, 0.15) is 12.3 Å². The molecule has 6 heteroatoms. The van der Waals surface area contributed by atoms with E-state index in [9.17, 15) is 14.7 Å². The topological polar surface area (TPSA) is 74.1 Å². The molecule has 154 valence electrons. The van der Waals surface area contributed by atoms with Crippen LogP contribution in [0.3, 0.4) is 0 Å². The van der Waals surface area contributed by atoms with Gasteiger partial charge in [-0.25, -0.2) is 0 Å². The van der Waals surface area contributed by atoms with Gasteiger partial charge in [-0.15, -0.1) is 0 Å². The van der Waals surface area contributed by atoms with Crippen molar-refractivity contribution in [3.05, 3.63) is 54.1 Å². The zero-order valence-corrected chi connectivity index (χ0v) is 17.1. The molecular weight excluding hydrogens is 366 g/mol. The second-order valence-electron chi connectivity index (χ2n) is 8.08. The summed E-state index contributed by atoms with van der Waals surface area (Å²) >= 11 is 0. The minimum Gasteiger partial charge on any atom is -0.508 e. The standard InChI is InChI=1S/C23H29N3O3/c1-17(2)15-23(29)24-19-5-3-18(4-6-19)22(28)16-25-11-13-26(14-12-25)20-7-9-21(27)10-8-20/h3-10,17,27H,11-16H2,1-2H3,(H,24,29)/p+1. The minimum absolute atomic E-state index is 0.00461. The highest BCUT2D eigenvalue weighted by molar-refractivity contribution is 5.98. The van der Waals surface area contributed by atoms with Crippen molar-refractivity contribution in [1.82, 2.24) is 0 Å². The van der Waals surface area contributed by atoms with Crippen LogP contribution in [0, 0.1) is 5.92 Å². The van der Waals surface area contributed by atoms with E-state index in [0.717, 1.165) is 37.6 Å². The summed E-state index contributed by atoms with van der Waals surface area (Å²) in [5.41, 5.74) is 2.51. The molecule has 3 N–H and O–H groups in total. The lowest BCUT2D eigenvalue weighted by Crippen LogP contribution is -3.15. The maximum atomic E-state index is 12.6. The molecule has 0 atom stereocenters. The van der Waals surface area contributed by atoms with Gasteiger partial charge in [-0.3, -0.25) is 9.59 Å². The molecule has 1 heterocycles. The SMILES string of the molecule is CC(C)CC(=O)Nc1ccc(C(=O)C[NH+]2CCN(c3ccc(O)cc3)CC2)cc1. The molecular formula is C23H30N3O3+. The zero-order chi connectivity index (χ0) is 20.8. The van der Waals surface area contributed by atoms with E-state index in [0.29, 0.717) is 24.4 Å². The van der Waals surface area contributed by atoms with Gasteiger partial charge in [-0.2, -0.15) is 0 Å². The molecule has 0 aliphatic carbocycles. The number of nitrogens with zero attached hydrogens (tertiary/aromatic N) is 1. The van der Waals surface area contributed by atoms with Crippen LogP contribution in [0.25, 0.3) is 0 Å². The Balaban J connectivity index is 1.48. The maximum absolute atomic E-state index is 12.6. The molecule has 2 aromatic rings. The van der Waals surface area contributed by atoms with Crippen molar-refractivity contribution >= 4 is 23.1 Å². The smallest absolute Gasteiger partial charge is 0.224 e. The van der Waals surface area contributed by atoms with Gasteiger partial charge in [-0.1, -0.05) is 13.8 Å². The molecule has 0 unspecified atom stereocenters. The number of anilines is 2. The second-order valence-corrected chi connectivity index (χ2v) is 8.08. The highest BCUT2D eigenvalue weighted by Gasteiger charge is 2.23. The van der Waals surface area contributed by atoms with Crippen LogP contribution in [-0.2, 0) is 4.79 Å². The first-order valence-corrected chi connectivity index (χ1v) is 10.2. The number of hydrogen-bond donors (Lipinski definition) is 3. The summed E-state index contributed by atoms with van der Waals surface area (Å²) < 4.78 is 0. The van der Waals surface area contributed by atoms with Crippen LogP contribution >= 0.6 is 0 Å². The molecule has 1 aliphatic rings. The number of ketones is 1. The average molecular weight is 397 g/mol. The van der Waals surface area contributed by atoms with Gasteiger partial charge in [0, 0.05) is 23.4 Å². The van der Waals surface area contributed by atoms with Crippen LogP contribution in [0.15, 0.2) is 48.5 Å². The number of piperazine rings is 1. The van der Waals surface area contributed by atoms with E-state index in [1.54, 1.807) is 36.4 Å². The van der Waals surface area contributed by atoms with Crippen molar-refractivity contribution < 1.29 is 19.6 Å².